The quantitative estimate of drug-likeness (QED) is 0.407. The zero-order valence-corrected chi connectivity index (χ0v) is 19.6. The molecule has 0 aliphatic heterocycles. The molecule has 0 saturated heterocycles. The van der Waals surface area contributed by atoms with E-state index in [0.29, 0.717) is 11.3 Å². The van der Waals surface area contributed by atoms with Gasteiger partial charge >= 0.3 is 0 Å². The Balaban J connectivity index is 1.72. The van der Waals surface area contributed by atoms with Crippen molar-refractivity contribution in [2.24, 2.45) is 0 Å². The lowest BCUT2D eigenvalue weighted by Crippen LogP contribution is -2.50. The summed E-state index contributed by atoms with van der Waals surface area (Å²) in [5.41, 5.74) is 1.75. The van der Waals surface area contributed by atoms with Crippen LogP contribution in [-0.4, -0.2) is 37.2 Å². The summed E-state index contributed by atoms with van der Waals surface area (Å²) in [5.74, 6) is 0.0621. The molecule has 176 valence electrons. The van der Waals surface area contributed by atoms with Gasteiger partial charge in [0.15, 0.2) is 0 Å². The molecule has 8 nitrogen and oxygen atoms in total. The lowest BCUT2D eigenvalue weighted by molar-refractivity contribution is -0.143. The number of furan rings is 1. The van der Waals surface area contributed by atoms with Gasteiger partial charge in [-0.1, -0.05) is 54.6 Å². The van der Waals surface area contributed by atoms with Crippen LogP contribution in [0.25, 0.3) is 11.0 Å². The first kappa shape index (κ1) is 23.2. The predicted octanol–water partition coefficient (Wildman–Crippen LogP) is 4.10. The van der Waals surface area contributed by atoms with E-state index in [1.54, 1.807) is 28.0 Å². The summed E-state index contributed by atoms with van der Waals surface area (Å²) in [5, 5.41) is 11.4. The summed E-state index contributed by atoms with van der Waals surface area (Å²) in [4.78, 5) is 28.9. The van der Waals surface area contributed by atoms with Crippen LogP contribution < -0.4 is 5.32 Å². The first-order valence-electron chi connectivity index (χ1n) is 11.3. The zero-order chi connectivity index (χ0) is 24.1. The molecule has 2 aromatic carbocycles. The Hall–Kier alpha value is -3.94. The molecule has 4 aromatic rings. The molecule has 8 heteroatoms. The standard InChI is InChI=1S/C26H29N5O3/c1-4-26(2,3)27-25(33)24(19-11-6-5-7-12-19)30(17-20-13-10-16-34-20)23(32)18-31-22-15-9-8-14-21(22)28-29-31/h5-16,24H,4,17-18H2,1-3H3,(H,27,33)/t24-/m0/s1. The third kappa shape index (κ3) is 5.17. The molecule has 0 radical (unpaired) electrons. The van der Waals surface area contributed by atoms with Crippen molar-refractivity contribution in [3.05, 3.63) is 84.3 Å². The van der Waals surface area contributed by atoms with Crippen molar-refractivity contribution in [2.75, 3.05) is 0 Å². The molecule has 4 rings (SSSR count). The van der Waals surface area contributed by atoms with Crippen LogP contribution >= 0.6 is 0 Å². The second-order valence-electron chi connectivity index (χ2n) is 8.88. The van der Waals surface area contributed by atoms with Crippen LogP contribution in [0.3, 0.4) is 0 Å². The van der Waals surface area contributed by atoms with Gasteiger partial charge in [0.25, 0.3) is 0 Å². The smallest absolute Gasteiger partial charge is 0.247 e. The Morgan fingerprint density at radius 2 is 1.79 bits per heavy atom. The number of carbonyl (C=O) groups is 2. The summed E-state index contributed by atoms with van der Waals surface area (Å²) in [6, 6.07) is 19.5. The minimum absolute atomic E-state index is 0.0605. The molecule has 0 fully saturated rings. The number of para-hydroxylation sites is 1. The monoisotopic (exact) mass is 459 g/mol. The fourth-order valence-corrected chi connectivity index (χ4v) is 3.75. The van der Waals surface area contributed by atoms with Crippen LogP contribution in [-0.2, 0) is 22.7 Å². The molecule has 2 aromatic heterocycles. The second kappa shape index (κ2) is 9.91. The van der Waals surface area contributed by atoms with Crippen molar-refractivity contribution in [1.82, 2.24) is 25.2 Å². The van der Waals surface area contributed by atoms with Gasteiger partial charge in [0.05, 0.1) is 18.3 Å². The maximum atomic E-state index is 13.8. The molecule has 0 bridgehead atoms. The second-order valence-corrected chi connectivity index (χ2v) is 8.88. The third-order valence-corrected chi connectivity index (χ3v) is 5.95. The number of amides is 2. The van der Waals surface area contributed by atoms with E-state index in [-0.39, 0.29) is 24.9 Å². The molecule has 2 heterocycles. The molecular weight excluding hydrogens is 430 g/mol. The van der Waals surface area contributed by atoms with Gasteiger partial charge in [0.1, 0.15) is 23.9 Å². The van der Waals surface area contributed by atoms with E-state index in [4.69, 9.17) is 4.42 Å². The van der Waals surface area contributed by atoms with Gasteiger partial charge in [-0.25, -0.2) is 4.68 Å². The third-order valence-electron chi connectivity index (χ3n) is 5.95. The Bertz CT molecular complexity index is 1250. The first-order chi connectivity index (χ1) is 16.4. The molecule has 1 atom stereocenters. The van der Waals surface area contributed by atoms with Gasteiger partial charge in [-0.05, 0) is 50.1 Å². The maximum absolute atomic E-state index is 13.8. The SMILES string of the molecule is CCC(C)(C)NC(=O)[C@H](c1ccccc1)N(Cc1ccco1)C(=O)Cn1nnc2ccccc21. The van der Waals surface area contributed by atoms with E-state index in [1.807, 2.05) is 75.4 Å². The molecule has 0 saturated carbocycles. The number of hydrogen-bond donors (Lipinski definition) is 1. The Morgan fingerprint density at radius 3 is 2.50 bits per heavy atom. The highest BCUT2D eigenvalue weighted by Gasteiger charge is 2.34. The number of nitrogens with zero attached hydrogens (tertiary/aromatic N) is 4. The molecular formula is C26H29N5O3. The fraction of sp³-hybridized carbons (Fsp3) is 0.308. The minimum Gasteiger partial charge on any atom is -0.467 e. The number of carbonyl (C=O) groups excluding carboxylic acids is 2. The minimum atomic E-state index is -0.848. The Labute approximate surface area is 198 Å². The summed E-state index contributed by atoms with van der Waals surface area (Å²) in [6.45, 7) is 6.02. The van der Waals surface area contributed by atoms with E-state index in [1.165, 1.54) is 0 Å². The van der Waals surface area contributed by atoms with Gasteiger partial charge in [0.2, 0.25) is 11.8 Å². The average molecular weight is 460 g/mol. The first-order valence-corrected chi connectivity index (χ1v) is 11.3. The lowest BCUT2D eigenvalue weighted by Gasteiger charge is -2.34. The summed E-state index contributed by atoms with van der Waals surface area (Å²) >= 11 is 0. The van der Waals surface area contributed by atoms with Crippen molar-refractivity contribution in [2.45, 2.75) is 51.9 Å². The molecule has 0 aliphatic rings. The van der Waals surface area contributed by atoms with Crippen LogP contribution in [0.2, 0.25) is 0 Å². The van der Waals surface area contributed by atoms with Gasteiger partial charge in [-0.2, -0.15) is 0 Å². The van der Waals surface area contributed by atoms with Crippen LogP contribution in [0.5, 0.6) is 0 Å². The number of benzene rings is 2. The van der Waals surface area contributed by atoms with Gasteiger partial charge in [-0.3, -0.25) is 9.59 Å². The van der Waals surface area contributed by atoms with E-state index >= 15 is 0 Å². The average Bonchev–Trinajstić information content (AvgIpc) is 3.49. The Morgan fingerprint density at radius 1 is 1.06 bits per heavy atom. The maximum Gasteiger partial charge on any atom is 0.247 e. The highest BCUT2D eigenvalue weighted by Crippen LogP contribution is 2.26. The normalized spacial score (nSPS) is 12.4. The summed E-state index contributed by atoms with van der Waals surface area (Å²) < 4.78 is 7.11. The van der Waals surface area contributed by atoms with Crippen LogP contribution in [0.15, 0.2) is 77.4 Å². The lowest BCUT2D eigenvalue weighted by atomic mass is 9.98. The molecule has 0 aliphatic carbocycles. The van der Waals surface area contributed by atoms with E-state index in [0.717, 1.165) is 17.5 Å². The molecule has 2 amide bonds. The van der Waals surface area contributed by atoms with Crippen LogP contribution in [0, 0.1) is 0 Å². The van der Waals surface area contributed by atoms with Crippen molar-refractivity contribution >= 4 is 22.8 Å². The largest absolute Gasteiger partial charge is 0.467 e. The number of hydrogen-bond acceptors (Lipinski definition) is 5. The molecule has 34 heavy (non-hydrogen) atoms. The van der Waals surface area contributed by atoms with Crippen molar-refractivity contribution in [3.8, 4) is 0 Å². The van der Waals surface area contributed by atoms with E-state index in [9.17, 15) is 9.59 Å². The van der Waals surface area contributed by atoms with Crippen LogP contribution in [0.4, 0.5) is 0 Å². The van der Waals surface area contributed by atoms with Crippen molar-refractivity contribution in [1.29, 1.82) is 0 Å². The Kier molecular flexibility index (Phi) is 6.77. The fourth-order valence-electron chi connectivity index (χ4n) is 3.75. The highest BCUT2D eigenvalue weighted by molar-refractivity contribution is 5.89. The number of nitrogens with one attached hydrogen (secondary N) is 1. The van der Waals surface area contributed by atoms with Crippen LogP contribution in [0.1, 0.15) is 44.6 Å². The number of rotatable bonds is 9. The zero-order valence-electron chi connectivity index (χ0n) is 19.6. The molecule has 1 N–H and O–H groups in total. The van der Waals surface area contributed by atoms with Gasteiger partial charge in [-0.15, -0.1) is 5.10 Å². The molecule has 0 spiro atoms. The van der Waals surface area contributed by atoms with Gasteiger partial charge < -0.3 is 14.6 Å². The highest BCUT2D eigenvalue weighted by atomic mass is 16.3. The van der Waals surface area contributed by atoms with E-state index < -0.39 is 11.6 Å². The number of aromatic nitrogens is 3. The molecule has 0 unspecified atom stereocenters. The van der Waals surface area contributed by atoms with Crippen molar-refractivity contribution in [3.63, 3.8) is 0 Å². The van der Waals surface area contributed by atoms with Gasteiger partial charge in [0, 0.05) is 5.54 Å². The number of fused-ring (bicyclic) bond motifs is 1. The topological polar surface area (TPSA) is 93.3 Å². The van der Waals surface area contributed by atoms with E-state index in [2.05, 4.69) is 15.6 Å². The summed E-state index contributed by atoms with van der Waals surface area (Å²) in [7, 11) is 0. The predicted molar refractivity (Wildman–Crippen MR) is 128 cm³/mol. The summed E-state index contributed by atoms with van der Waals surface area (Å²) in [6.07, 6.45) is 2.30. The van der Waals surface area contributed by atoms with Crippen molar-refractivity contribution < 1.29 is 14.0 Å².